The second kappa shape index (κ2) is 8.73. The number of anilines is 3. The van der Waals surface area contributed by atoms with Gasteiger partial charge in [0.05, 0.1) is 42.9 Å². The summed E-state index contributed by atoms with van der Waals surface area (Å²) in [6.07, 6.45) is 4.68. The number of nitrogens with one attached hydrogen (secondary N) is 2. The molecular formula is C19H22ClFN6O2. The van der Waals surface area contributed by atoms with E-state index in [4.69, 9.17) is 11.6 Å². The summed E-state index contributed by atoms with van der Waals surface area (Å²) in [7, 11) is 0. The summed E-state index contributed by atoms with van der Waals surface area (Å²) in [5.74, 6) is 0.0436. The Morgan fingerprint density at radius 2 is 2.03 bits per heavy atom. The minimum atomic E-state index is -0.900. The smallest absolute Gasteiger partial charge is 0.229 e. The van der Waals surface area contributed by atoms with Gasteiger partial charge in [0.25, 0.3) is 0 Å². The molecule has 0 aliphatic carbocycles. The first-order chi connectivity index (χ1) is 13.7. The molecular weight excluding hydrogens is 399 g/mol. The maximum atomic E-state index is 14.1. The zero-order chi connectivity index (χ0) is 21.0. The largest absolute Gasteiger partial charge is 0.394 e. The van der Waals surface area contributed by atoms with Crippen LogP contribution in [0.25, 0.3) is 0 Å². The third kappa shape index (κ3) is 5.63. The van der Waals surface area contributed by atoms with E-state index < -0.39 is 17.5 Å². The van der Waals surface area contributed by atoms with Crippen LogP contribution in [0.2, 0.25) is 5.02 Å². The van der Waals surface area contributed by atoms with Gasteiger partial charge in [-0.2, -0.15) is 10.1 Å². The molecule has 4 N–H and O–H groups in total. The highest BCUT2D eigenvalue weighted by Gasteiger charge is 2.18. The molecule has 10 heteroatoms. The van der Waals surface area contributed by atoms with E-state index in [1.54, 1.807) is 49.1 Å². The third-order valence-corrected chi connectivity index (χ3v) is 4.23. The van der Waals surface area contributed by atoms with E-state index in [0.717, 1.165) is 0 Å². The Balaban J connectivity index is 1.77. The molecule has 2 heterocycles. The summed E-state index contributed by atoms with van der Waals surface area (Å²) in [5.41, 5.74) is 0.0193. The van der Waals surface area contributed by atoms with E-state index >= 15 is 0 Å². The third-order valence-electron chi connectivity index (χ3n) is 3.96. The lowest BCUT2D eigenvalue weighted by molar-refractivity contribution is 0.0578. The molecule has 0 aliphatic heterocycles. The summed E-state index contributed by atoms with van der Waals surface area (Å²) in [4.78, 5) is 8.43. The van der Waals surface area contributed by atoms with Gasteiger partial charge in [0.15, 0.2) is 5.82 Å². The summed E-state index contributed by atoms with van der Waals surface area (Å²) >= 11 is 6.17. The van der Waals surface area contributed by atoms with Gasteiger partial charge in [-0.3, -0.25) is 4.68 Å². The fraction of sp³-hybridized carbons (Fsp3) is 0.316. The number of rotatable bonds is 8. The summed E-state index contributed by atoms with van der Waals surface area (Å²) in [5, 5.41) is 29.9. The average Bonchev–Trinajstić information content (AvgIpc) is 3.07. The predicted molar refractivity (Wildman–Crippen MR) is 109 cm³/mol. The fourth-order valence-electron chi connectivity index (χ4n) is 2.71. The highest BCUT2D eigenvalue weighted by molar-refractivity contribution is 6.32. The number of aromatic nitrogens is 4. The first kappa shape index (κ1) is 21.0. The monoisotopic (exact) mass is 420 g/mol. The Labute approximate surface area is 172 Å². The molecule has 1 atom stereocenters. The number of halogens is 2. The number of hydrogen-bond donors (Lipinski definition) is 4. The standard InChI is InChI=1S/C19H22ClFN6O2/c1-19(2,29)11-27-9-12(7-23-27)24-18-22-8-14(20)17(26-18)25-16(10-28)13-5-3-4-6-15(13)21/h3-9,16,28-29H,10-11H2,1-2H3,(H2,22,24,25,26). The van der Waals surface area contributed by atoms with E-state index in [9.17, 15) is 14.6 Å². The molecule has 8 nitrogen and oxygen atoms in total. The van der Waals surface area contributed by atoms with Gasteiger partial charge >= 0.3 is 0 Å². The average molecular weight is 421 g/mol. The van der Waals surface area contributed by atoms with Gasteiger partial charge < -0.3 is 20.8 Å². The first-order valence-electron chi connectivity index (χ1n) is 8.91. The van der Waals surface area contributed by atoms with Gasteiger partial charge in [-0.1, -0.05) is 29.8 Å². The molecule has 0 fully saturated rings. The lowest BCUT2D eigenvalue weighted by Gasteiger charge is -2.19. The van der Waals surface area contributed by atoms with Crippen LogP contribution in [0.3, 0.4) is 0 Å². The second-order valence-corrected chi connectivity index (χ2v) is 7.56. The molecule has 0 bridgehead atoms. The van der Waals surface area contributed by atoms with Crippen LogP contribution in [0.1, 0.15) is 25.5 Å². The van der Waals surface area contributed by atoms with Crippen LogP contribution in [0.15, 0.2) is 42.9 Å². The van der Waals surface area contributed by atoms with Crippen molar-refractivity contribution in [3.8, 4) is 0 Å². The van der Waals surface area contributed by atoms with Crippen molar-refractivity contribution in [1.82, 2.24) is 19.7 Å². The van der Waals surface area contributed by atoms with Crippen molar-refractivity contribution in [2.75, 3.05) is 17.2 Å². The van der Waals surface area contributed by atoms with Crippen molar-refractivity contribution in [2.24, 2.45) is 0 Å². The number of aliphatic hydroxyl groups excluding tert-OH is 1. The van der Waals surface area contributed by atoms with E-state index in [0.29, 0.717) is 17.8 Å². The Morgan fingerprint density at radius 3 is 2.72 bits per heavy atom. The van der Waals surface area contributed by atoms with Crippen LogP contribution >= 0.6 is 11.6 Å². The number of hydrogen-bond acceptors (Lipinski definition) is 7. The predicted octanol–water partition coefficient (Wildman–Crippen LogP) is 3.13. The van der Waals surface area contributed by atoms with Gasteiger partial charge in [-0.15, -0.1) is 0 Å². The van der Waals surface area contributed by atoms with Gasteiger partial charge in [-0.25, -0.2) is 9.37 Å². The zero-order valence-electron chi connectivity index (χ0n) is 16.0. The summed E-state index contributed by atoms with van der Waals surface area (Å²) in [6, 6.07) is 5.42. The quantitative estimate of drug-likeness (QED) is 0.443. The van der Waals surface area contributed by atoms with E-state index in [1.807, 2.05) is 0 Å². The summed E-state index contributed by atoms with van der Waals surface area (Å²) in [6.45, 7) is 3.35. The first-order valence-corrected chi connectivity index (χ1v) is 9.29. The van der Waals surface area contributed by atoms with E-state index in [-0.39, 0.29) is 23.4 Å². The molecule has 29 heavy (non-hydrogen) atoms. The van der Waals surface area contributed by atoms with Crippen LogP contribution < -0.4 is 10.6 Å². The Hall–Kier alpha value is -2.75. The SMILES string of the molecule is CC(C)(O)Cn1cc(Nc2ncc(Cl)c(NC(CO)c3ccccc3F)n2)cn1. The summed E-state index contributed by atoms with van der Waals surface area (Å²) < 4.78 is 15.7. The highest BCUT2D eigenvalue weighted by Crippen LogP contribution is 2.27. The van der Waals surface area contributed by atoms with Gasteiger partial charge in [-0.05, 0) is 19.9 Å². The van der Waals surface area contributed by atoms with Gasteiger partial charge in [0, 0.05) is 11.8 Å². The highest BCUT2D eigenvalue weighted by atomic mass is 35.5. The normalized spacial score (nSPS) is 12.6. The topological polar surface area (TPSA) is 108 Å². The second-order valence-electron chi connectivity index (χ2n) is 7.16. The fourth-order valence-corrected chi connectivity index (χ4v) is 2.86. The molecule has 1 unspecified atom stereocenters. The lowest BCUT2D eigenvalue weighted by atomic mass is 10.1. The zero-order valence-corrected chi connectivity index (χ0v) is 16.7. The van der Waals surface area contributed by atoms with Crippen LogP contribution in [-0.4, -0.2) is 42.2 Å². The Morgan fingerprint density at radius 1 is 1.28 bits per heavy atom. The number of aliphatic hydroxyl groups is 2. The van der Waals surface area contributed by atoms with E-state index in [1.165, 1.54) is 12.3 Å². The molecule has 154 valence electrons. The van der Waals surface area contributed by atoms with Crippen molar-refractivity contribution < 1.29 is 14.6 Å². The molecule has 0 amide bonds. The maximum Gasteiger partial charge on any atom is 0.229 e. The van der Waals surface area contributed by atoms with Crippen molar-refractivity contribution in [2.45, 2.75) is 32.0 Å². The molecule has 0 radical (unpaired) electrons. The van der Waals surface area contributed by atoms with Gasteiger partial charge in [0.2, 0.25) is 5.95 Å². The molecule has 0 saturated heterocycles. The van der Waals surface area contributed by atoms with Crippen molar-refractivity contribution >= 4 is 29.1 Å². The molecule has 0 spiro atoms. The minimum Gasteiger partial charge on any atom is -0.394 e. The van der Waals surface area contributed by atoms with Crippen molar-refractivity contribution in [3.63, 3.8) is 0 Å². The molecule has 3 aromatic rings. The Bertz CT molecular complexity index is 975. The minimum absolute atomic E-state index is 0.225. The molecule has 3 rings (SSSR count). The van der Waals surface area contributed by atoms with Crippen LogP contribution in [0.5, 0.6) is 0 Å². The van der Waals surface area contributed by atoms with Crippen molar-refractivity contribution in [1.29, 1.82) is 0 Å². The van der Waals surface area contributed by atoms with Crippen LogP contribution in [0.4, 0.5) is 21.8 Å². The molecule has 1 aromatic carbocycles. The molecule has 2 aromatic heterocycles. The maximum absolute atomic E-state index is 14.1. The lowest BCUT2D eigenvalue weighted by Crippen LogP contribution is -2.26. The number of benzene rings is 1. The molecule has 0 aliphatic rings. The number of nitrogens with zero attached hydrogens (tertiary/aromatic N) is 4. The Kier molecular flexibility index (Phi) is 6.31. The van der Waals surface area contributed by atoms with E-state index in [2.05, 4.69) is 25.7 Å². The molecule has 0 saturated carbocycles. The van der Waals surface area contributed by atoms with Crippen molar-refractivity contribution in [3.05, 3.63) is 59.3 Å². The van der Waals surface area contributed by atoms with Crippen LogP contribution in [0, 0.1) is 5.82 Å². The van der Waals surface area contributed by atoms with Gasteiger partial charge in [0.1, 0.15) is 10.8 Å². The van der Waals surface area contributed by atoms with Crippen LogP contribution in [-0.2, 0) is 6.54 Å².